The normalized spacial score (nSPS) is 11.1. The molecule has 142 valence electrons. The maximum Gasteiger partial charge on any atom is 0.219 e. The monoisotopic (exact) mass is 377 g/mol. The molecule has 0 spiro atoms. The largest absolute Gasteiger partial charge is 0.496 e. The van der Waals surface area contributed by atoms with Crippen molar-refractivity contribution in [3.63, 3.8) is 0 Å². The molecule has 2 N–H and O–H groups in total. The molecule has 3 rings (SSSR count). The number of anilines is 1. The van der Waals surface area contributed by atoms with Gasteiger partial charge in [0.1, 0.15) is 23.1 Å². The molecular formula is C22H20FN3O2. The third-order valence-corrected chi connectivity index (χ3v) is 3.91. The second-order valence-corrected chi connectivity index (χ2v) is 6.05. The first kappa shape index (κ1) is 19.1. The Labute approximate surface area is 163 Å². The summed E-state index contributed by atoms with van der Waals surface area (Å²) < 4.78 is 24.2. The Kier molecular flexibility index (Phi) is 6.01. The van der Waals surface area contributed by atoms with E-state index in [9.17, 15) is 4.39 Å². The van der Waals surface area contributed by atoms with Crippen LogP contribution in [0.15, 0.2) is 79.2 Å². The molecular weight excluding hydrogens is 357 g/mol. The number of hydrogen-bond donors (Lipinski definition) is 1. The molecule has 2 heterocycles. The number of rotatable bonds is 7. The predicted octanol–water partition coefficient (Wildman–Crippen LogP) is 4.78. The van der Waals surface area contributed by atoms with Gasteiger partial charge in [-0.15, -0.1) is 0 Å². The fourth-order valence-corrected chi connectivity index (χ4v) is 2.60. The Balaban J connectivity index is 1.68. The summed E-state index contributed by atoms with van der Waals surface area (Å²) in [5, 5.41) is 0. The topological polar surface area (TPSA) is 70.3 Å². The molecule has 0 radical (unpaired) electrons. The standard InChI is InChI=1S/C22H20FN3O2/c1-15(12-20(27-2)19-7-4-10-25-22(19)24)11-16-8-9-21(26-14-16)28-18-6-3-5-17(23)13-18/h3-10,12-14H,1,11H2,2H3,(H2,24,25)/b20-12-. The number of benzene rings is 1. The van der Waals surface area contributed by atoms with Crippen LogP contribution in [-0.4, -0.2) is 17.1 Å². The van der Waals surface area contributed by atoms with E-state index in [-0.39, 0.29) is 5.82 Å². The highest BCUT2D eigenvalue weighted by Crippen LogP contribution is 2.23. The highest BCUT2D eigenvalue weighted by Gasteiger charge is 2.08. The highest BCUT2D eigenvalue weighted by molar-refractivity contribution is 5.70. The molecule has 0 saturated carbocycles. The lowest BCUT2D eigenvalue weighted by Gasteiger charge is -2.10. The van der Waals surface area contributed by atoms with Gasteiger partial charge in [0.15, 0.2) is 0 Å². The van der Waals surface area contributed by atoms with Crippen molar-refractivity contribution >= 4 is 11.6 Å². The third kappa shape index (κ3) is 4.94. The summed E-state index contributed by atoms with van der Waals surface area (Å²) in [7, 11) is 1.58. The number of methoxy groups -OCH3 is 1. The van der Waals surface area contributed by atoms with Crippen LogP contribution in [0.1, 0.15) is 11.1 Å². The Hall–Kier alpha value is -3.67. The zero-order valence-corrected chi connectivity index (χ0v) is 15.4. The van der Waals surface area contributed by atoms with Gasteiger partial charge in [-0.3, -0.25) is 0 Å². The molecule has 0 aliphatic carbocycles. The van der Waals surface area contributed by atoms with Crippen molar-refractivity contribution in [2.45, 2.75) is 6.42 Å². The molecule has 1 aromatic carbocycles. The van der Waals surface area contributed by atoms with Gasteiger partial charge >= 0.3 is 0 Å². The van der Waals surface area contributed by atoms with Crippen molar-refractivity contribution in [2.24, 2.45) is 0 Å². The van der Waals surface area contributed by atoms with Crippen molar-refractivity contribution in [1.29, 1.82) is 0 Å². The van der Waals surface area contributed by atoms with Crippen molar-refractivity contribution in [2.75, 3.05) is 12.8 Å². The molecule has 0 fully saturated rings. The second kappa shape index (κ2) is 8.81. The fraction of sp³-hybridized carbons (Fsp3) is 0.0909. The van der Waals surface area contributed by atoms with E-state index in [0.717, 1.165) is 11.1 Å². The van der Waals surface area contributed by atoms with E-state index in [1.165, 1.54) is 12.1 Å². The molecule has 0 aliphatic rings. The molecule has 0 unspecified atom stereocenters. The van der Waals surface area contributed by atoms with Gasteiger partial charge in [0.2, 0.25) is 5.88 Å². The van der Waals surface area contributed by atoms with Crippen LogP contribution in [0.25, 0.3) is 5.76 Å². The lowest BCUT2D eigenvalue weighted by atomic mass is 10.1. The second-order valence-electron chi connectivity index (χ2n) is 6.05. The van der Waals surface area contributed by atoms with E-state index in [4.69, 9.17) is 15.2 Å². The predicted molar refractivity (Wildman–Crippen MR) is 107 cm³/mol. The molecule has 0 bridgehead atoms. The van der Waals surface area contributed by atoms with Gasteiger partial charge < -0.3 is 15.2 Å². The van der Waals surface area contributed by atoms with Crippen LogP contribution in [0.5, 0.6) is 11.6 Å². The van der Waals surface area contributed by atoms with Gasteiger partial charge in [0.25, 0.3) is 0 Å². The highest BCUT2D eigenvalue weighted by atomic mass is 19.1. The summed E-state index contributed by atoms with van der Waals surface area (Å²) in [5.74, 6) is 1.40. The number of nitrogens with zero attached hydrogens (tertiary/aromatic N) is 2. The molecule has 5 nitrogen and oxygen atoms in total. The first-order chi connectivity index (χ1) is 13.5. The number of allylic oxidation sites excluding steroid dienone is 2. The Morgan fingerprint density at radius 3 is 2.71 bits per heavy atom. The molecule has 0 amide bonds. The van der Waals surface area contributed by atoms with E-state index in [1.807, 2.05) is 18.2 Å². The van der Waals surface area contributed by atoms with E-state index in [1.54, 1.807) is 43.8 Å². The van der Waals surface area contributed by atoms with Crippen LogP contribution in [-0.2, 0) is 11.2 Å². The molecule has 0 aliphatic heterocycles. The molecule has 0 atom stereocenters. The lowest BCUT2D eigenvalue weighted by Crippen LogP contribution is -1.99. The molecule has 0 saturated heterocycles. The number of halogens is 1. The van der Waals surface area contributed by atoms with E-state index in [2.05, 4.69) is 16.5 Å². The quantitative estimate of drug-likeness (QED) is 0.474. The Bertz CT molecular complexity index is 1000. The fourth-order valence-electron chi connectivity index (χ4n) is 2.60. The Morgan fingerprint density at radius 2 is 2.04 bits per heavy atom. The lowest BCUT2D eigenvalue weighted by molar-refractivity contribution is 0.370. The van der Waals surface area contributed by atoms with Crippen molar-refractivity contribution in [1.82, 2.24) is 9.97 Å². The summed E-state index contributed by atoms with van der Waals surface area (Å²) in [4.78, 5) is 8.33. The van der Waals surface area contributed by atoms with Gasteiger partial charge in [0.05, 0.1) is 12.7 Å². The van der Waals surface area contributed by atoms with Gasteiger partial charge in [-0.1, -0.05) is 18.7 Å². The molecule has 2 aromatic heterocycles. The summed E-state index contributed by atoms with van der Waals surface area (Å²) >= 11 is 0. The van der Waals surface area contributed by atoms with Gasteiger partial charge in [0, 0.05) is 24.5 Å². The van der Waals surface area contributed by atoms with Gasteiger partial charge in [-0.25, -0.2) is 14.4 Å². The number of aromatic nitrogens is 2. The van der Waals surface area contributed by atoms with Crippen LogP contribution in [0.4, 0.5) is 10.2 Å². The number of nitrogens with two attached hydrogens (primary N) is 1. The number of hydrogen-bond acceptors (Lipinski definition) is 5. The first-order valence-corrected chi connectivity index (χ1v) is 8.58. The third-order valence-electron chi connectivity index (χ3n) is 3.91. The smallest absolute Gasteiger partial charge is 0.219 e. The SMILES string of the molecule is C=C(/C=C(\OC)c1cccnc1N)Cc1ccc(Oc2cccc(F)c2)nc1. The van der Waals surface area contributed by atoms with E-state index in [0.29, 0.717) is 35.2 Å². The minimum atomic E-state index is -0.361. The minimum Gasteiger partial charge on any atom is -0.496 e. The average molecular weight is 377 g/mol. The van der Waals surface area contributed by atoms with Crippen molar-refractivity contribution in [3.05, 3.63) is 96.1 Å². The maximum absolute atomic E-state index is 13.2. The summed E-state index contributed by atoms with van der Waals surface area (Å²) in [6.07, 6.45) is 5.71. The van der Waals surface area contributed by atoms with Gasteiger partial charge in [-0.05, 0) is 47.9 Å². The number of ether oxygens (including phenoxy) is 2. The minimum absolute atomic E-state index is 0.361. The van der Waals surface area contributed by atoms with Gasteiger partial charge in [-0.2, -0.15) is 0 Å². The maximum atomic E-state index is 13.2. The van der Waals surface area contributed by atoms with Crippen molar-refractivity contribution < 1.29 is 13.9 Å². The van der Waals surface area contributed by atoms with Crippen LogP contribution < -0.4 is 10.5 Å². The number of nitrogen functional groups attached to an aromatic ring is 1. The Morgan fingerprint density at radius 1 is 1.18 bits per heavy atom. The molecule has 28 heavy (non-hydrogen) atoms. The summed E-state index contributed by atoms with van der Waals surface area (Å²) in [5.41, 5.74) is 8.38. The zero-order chi connectivity index (χ0) is 19.9. The average Bonchev–Trinajstić information content (AvgIpc) is 2.68. The van der Waals surface area contributed by atoms with Crippen molar-refractivity contribution in [3.8, 4) is 11.6 Å². The zero-order valence-electron chi connectivity index (χ0n) is 15.4. The van der Waals surface area contributed by atoms with E-state index >= 15 is 0 Å². The summed E-state index contributed by atoms with van der Waals surface area (Å²) in [6, 6.07) is 13.2. The molecule has 6 heteroatoms. The number of pyridine rings is 2. The molecule has 3 aromatic rings. The van der Waals surface area contributed by atoms with Crippen LogP contribution in [0.2, 0.25) is 0 Å². The van der Waals surface area contributed by atoms with Crippen LogP contribution in [0.3, 0.4) is 0 Å². The van der Waals surface area contributed by atoms with Crippen LogP contribution >= 0.6 is 0 Å². The van der Waals surface area contributed by atoms with E-state index < -0.39 is 0 Å². The first-order valence-electron chi connectivity index (χ1n) is 8.58. The summed E-state index contributed by atoms with van der Waals surface area (Å²) in [6.45, 7) is 4.07. The van der Waals surface area contributed by atoms with Crippen LogP contribution in [0, 0.1) is 5.82 Å².